The largest absolute Gasteiger partial charge is 0.507 e. The molecule has 4 heteroatoms. The summed E-state index contributed by atoms with van der Waals surface area (Å²) in [4.78, 5) is 0. The van der Waals surface area contributed by atoms with E-state index < -0.39 is 6.10 Å². The second-order valence-electron chi connectivity index (χ2n) is 3.84. The third-order valence-corrected chi connectivity index (χ3v) is 2.82. The van der Waals surface area contributed by atoms with Crippen molar-refractivity contribution in [1.82, 2.24) is 5.32 Å². The predicted octanol–water partition coefficient (Wildman–Crippen LogP) is 1.27. The van der Waals surface area contributed by atoms with Crippen LogP contribution in [0.3, 0.4) is 0 Å². The van der Waals surface area contributed by atoms with E-state index >= 15 is 0 Å². The summed E-state index contributed by atoms with van der Waals surface area (Å²) in [5, 5.41) is 22.7. The van der Waals surface area contributed by atoms with Crippen LogP contribution >= 0.6 is 0 Å². The van der Waals surface area contributed by atoms with Crippen molar-refractivity contribution < 1.29 is 14.9 Å². The van der Waals surface area contributed by atoms with Crippen LogP contribution in [0.25, 0.3) is 0 Å². The summed E-state index contributed by atoms with van der Waals surface area (Å²) in [6, 6.07) is 1.68. The minimum atomic E-state index is -0.738. The predicted molar refractivity (Wildman–Crippen MR) is 63.0 cm³/mol. The minimum absolute atomic E-state index is 0.140. The van der Waals surface area contributed by atoms with E-state index in [2.05, 4.69) is 5.32 Å². The fourth-order valence-electron chi connectivity index (χ4n) is 1.67. The molecule has 0 spiro atoms. The highest BCUT2D eigenvalue weighted by Crippen LogP contribution is 2.35. The Hall–Kier alpha value is -1.26. The van der Waals surface area contributed by atoms with E-state index in [1.54, 1.807) is 20.2 Å². The molecule has 3 N–H and O–H groups in total. The molecule has 1 aromatic rings. The van der Waals surface area contributed by atoms with Crippen molar-refractivity contribution in [3.63, 3.8) is 0 Å². The molecule has 0 radical (unpaired) electrons. The second-order valence-corrected chi connectivity index (χ2v) is 3.84. The van der Waals surface area contributed by atoms with E-state index in [1.165, 1.54) is 0 Å². The number of nitrogens with one attached hydrogen (secondary N) is 1. The highest BCUT2D eigenvalue weighted by atomic mass is 16.5. The molecule has 16 heavy (non-hydrogen) atoms. The van der Waals surface area contributed by atoms with Crippen molar-refractivity contribution >= 4 is 0 Å². The molecule has 0 fully saturated rings. The van der Waals surface area contributed by atoms with Gasteiger partial charge in [-0.15, -0.1) is 0 Å². The van der Waals surface area contributed by atoms with Gasteiger partial charge in [-0.2, -0.15) is 0 Å². The maximum Gasteiger partial charge on any atom is 0.124 e. The molecule has 0 aliphatic carbocycles. The maximum absolute atomic E-state index is 9.95. The molecule has 4 nitrogen and oxygen atoms in total. The van der Waals surface area contributed by atoms with Gasteiger partial charge in [0, 0.05) is 12.1 Å². The molecule has 0 saturated carbocycles. The van der Waals surface area contributed by atoms with Crippen LogP contribution in [0.1, 0.15) is 22.8 Å². The van der Waals surface area contributed by atoms with Crippen molar-refractivity contribution in [2.24, 2.45) is 0 Å². The fraction of sp³-hybridized carbons (Fsp3) is 0.500. The molecular weight excluding hydrogens is 206 g/mol. The Morgan fingerprint density at radius 2 is 2.00 bits per heavy atom. The molecule has 90 valence electrons. The number of phenolic OH excluding ortho intramolecular Hbond substituents is 1. The van der Waals surface area contributed by atoms with Crippen LogP contribution in [0.4, 0.5) is 0 Å². The van der Waals surface area contributed by atoms with E-state index in [1.807, 2.05) is 13.8 Å². The van der Waals surface area contributed by atoms with Crippen molar-refractivity contribution in [1.29, 1.82) is 0 Å². The van der Waals surface area contributed by atoms with E-state index in [0.29, 0.717) is 17.9 Å². The van der Waals surface area contributed by atoms with Crippen molar-refractivity contribution in [2.75, 3.05) is 20.7 Å². The molecule has 1 atom stereocenters. The molecule has 1 aromatic carbocycles. The van der Waals surface area contributed by atoms with E-state index in [4.69, 9.17) is 4.74 Å². The Morgan fingerprint density at radius 3 is 2.50 bits per heavy atom. The van der Waals surface area contributed by atoms with Gasteiger partial charge >= 0.3 is 0 Å². The van der Waals surface area contributed by atoms with Crippen LogP contribution < -0.4 is 10.1 Å². The molecule has 0 bridgehead atoms. The van der Waals surface area contributed by atoms with E-state index in [0.717, 1.165) is 11.1 Å². The van der Waals surface area contributed by atoms with Crippen LogP contribution in [0.5, 0.6) is 11.5 Å². The number of benzene rings is 1. The Bertz CT molecular complexity index is 377. The number of ether oxygens (including phenoxy) is 1. The van der Waals surface area contributed by atoms with Gasteiger partial charge in [0.2, 0.25) is 0 Å². The van der Waals surface area contributed by atoms with Gasteiger partial charge in [0.25, 0.3) is 0 Å². The average molecular weight is 225 g/mol. The molecule has 1 rings (SSSR count). The fourth-order valence-corrected chi connectivity index (χ4v) is 1.67. The number of phenols is 1. The molecule has 0 heterocycles. The molecular formula is C12H19NO3. The van der Waals surface area contributed by atoms with Crippen molar-refractivity contribution in [3.8, 4) is 11.5 Å². The zero-order valence-electron chi connectivity index (χ0n) is 10.2. The zero-order chi connectivity index (χ0) is 12.3. The van der Waals surface area contributed by atoms with Gasteiger partial charge in [-0.3, -0.25) is 0 Å². The number of hydrogen-bond donors (Lipinski definition) is 3. The summed E-state index contributed by atoms with van der Waals surface area (Å²) in [5.41, 5.74) is 2.12. The Balaban J connectivity index is 3.24. The lowest BCUT2D eigenvalue weighted by atomic mass is 9.99. The van der Waals surface area contributed by atoms with Gasteiger partial charge in [0.15, 0.2) is 0 Å². The first-order chi connectivity index (χ1) is 7.52. The van der Waals surface area contributed by atoms with Crippen LogP contribution in [-0.4, -0.2) is 30.9 Å². The summed E-state index contributed by atoms with van der Waals surface area (Å²) in [6.45, 7) is 4.07. The smallest absolute Gasteiger partial charge is 0.124 e. The lowest BCUT2D eigenvalue weighted by Gasteiger charge is -2.17. The first-order valence-corrected chi connectivity index (χ1v) is 5.22. The number of methoxy groups -OCH3 is 1. The van der Waals surface area contributed by atoms with Gasteiger partial charge in [-0.05, 0) is 38.1 Å². The maximum atomic E-state index is 9.95. The third-order valence-electron chi connectivity index (χ3n) is 2.82. The van der Waals surface area contributed by atoms with Crippen LogP contribution in [0, 0.1) is 13.8 Å². The molecule has 0 saturated heterocycles. The number of rotatable bonds is 4. The van der Waals surface area contributed by atoms with Crippen molar-refractivity contribution in [3.05, 3.63) is 22.8 Å². The summed E-state index contributed by atoms with van der Waals surface area (Å²) in [5.74, 6) is 0.821. The Labute approximate surface area is 95.9 Å². The topological polar surface area (TPSA) is 61.7 Å². The van der Waals surface area contributed by atoms with E-state index in [-0.39, 0.29) is 5.75 Å². The highest BCUT2D eigenvalue weighted by Gasteiger charge is 2.17. The summed E-state index contributed by atoms with van der Waals surface area (Å²) in [7, 11) is 3.32. The van der Waals surface area contributed by atoms with Crippen LogP contribution in [-0.2, 0) is 0 Å². The number of aliphatic hydroxyl groups excluding tert-OH is 1. The standard InChI is InChI=1S/C12H19NO3/c1-7-8(2)12(15)9(5-11(7)16-4)10(14)6-13-3/h5,10,13-15H,6H2,1-4H3. The second kappa shape index (κ2) is 5.18. The van der Waals surface area contributed by atoms with Crippen LogP contribution in [0.2, 0.25) is 0 Å². The van der Waals surface area contributed by atoms with Gasteiger partial charge < -0.3 is 20.3 Å². The number of likely N-dealkylation sites (N-methyl/N-ethyl adjacent to an activating group) is 1. The molecule has 0 aromatic heterocycles. The Morgan fingerprint density at radius 1 is 1.38 bits per heavy atom. The quantitative estimate of drug-likeness (QED) is 0.722. The van der Waals surface area contributed by atoms with Gasteiger partial charge in [-0.1, -0.05) is 0 Å². The normalized spacial score (nSPS) is 12.6. The first kappa shape index (κ1) is 12.8. The molecule has 0 aliphatic rings. The lowest BCUT2D eigenvalue weighted by Crippen LogP contribution is -2.17. The SMILES string of the molecule is CNCC(O)c1cc(OC)c(C)c(C)c1O. The zero-order valence-corrected chi connectivity index (χ0v) is 10.2. The summed E-state index contributed by atoms with van der Waals surface area (Å²) >= 11 is 0. The van der Waals surface area contributed by atoms with Crippen molar-refractivity contribution in [2.45, 2.75) is 20.0 Å². The molecule has 0 aliphatic heterocycles. The minimum Gasteiger partial charge on any atom is -0.507 e. The number of hydrogen-bond acceptors (Lipinski definition) is 4. The first-order valence-electron chi connectivity index (χ1n) is 5.22. The van der Waals surface area contributed by atoms with E-state index in [9.17, 15) is 10.2 Å². The number of aliphatic hydroxyl groups is 1. The molecule has 0 amide bonds. The van der Waals surface area contributed by atoms with Crippen LogP contribution in [0.15, 0.2) is 6.07 Å². The van der Waals surface area contributed by atoms with Gasteiger partial charge in [0.05, 0.1) is 13.2 Å². The highest BCUT2D eigenvalue weighted by molar-refractivity contribution is 5.52. The van der Waals surface area contributed by atoms with Gasteiger partial charge in [0.1, 0.15) is 11.5 Å². The summed E-state index contributed by atoms with van der Waals surface area (Å²) in [6.07, 6.45) is -0.738. The van der Waals surface area contributed by atoms with Gasteiger partial charge in [-0.25, -0.2) is 0 Å². The average Bonchev–Trinajstić information content (AvgIpc) is 2.27. The Kier molecular flexibility index (Phi) is 4.15. The monoisotopic (exact) mass is 225 g/mol. The lowest BCUT2D eigenvalue weighted by molar-refractivity contribution is 0.173. The third kappa shape index (κ3) is 2.28. The molecule has 1 unspecified atom stereocenters. The summed E-state index contributed by atoms with van der Waals surface area (Å²) < 4.78 is 5.21. The number of aromatic hydroxyl groups is 1.